The first-order valence-electron chi connectivity index (χ1n) is 6.34. The SMILES string of the molecule is CCCC(=NC)c1ccc(CC)c(CC)c1. The van der Waals surface area contributed by atoms with E-state index in [-0.39, 0.29) is 0 Å². The fourth-order valence-corrected chi connectivity index (χ4v) is 2.10. The van der Waals surface area contributed by atoms with Gasteiger partial charge in [0.1, 0.15) is 0 Å². The van der Waals surface area contributed by atoms with E-state index in [0.717, 1.165) is 25.7 Å². The molecule has 0 aliphatic heterocycles. The Kier molecular flexibility index (Phi) is 5.24. The van der Waals surface area contributed by atoms with Crippen LogP contribution in [0.5, 0.6) is 0 Å². The third kappa shape index (κ3) is 2.94. The van der Waals surface area contributed by atoms with Crippen LogP contribution in [0.1, 0.15) is 50.3 Å². The zero-order valence-corrected chi connectivity index (χ0v) is 11.0. The van der Waals surface area contributed by atoms with Gasteiger partial charge >= 0.3 is 0 Å². The monoisotopic (exact) mass is 217 g/mol. The Morgan fingerprint density at radius 1 is 1.06 bits per heavy atom. The van der Waals surface area contributed by atoms with Crippen molar-refractivity contribution in [3.05, 3.63) is 34.9 Å². The normalized spacial score (nSPS) is 11.9. The third-order valence-electron chi connectivity index (χ3n) is 3.06. The van der Waals surface area contributed by atoms with Gasteiger partial charge in [-0.05, 0) is 42.0 Å². The van der Waals surface area contributed by atoms with Crippen LogP contribution in [0, 0.1) is 0 Å². The maximum absolute atomic E-state index is 4.40. The van der Waals surface area contributed by atoms with E-state index in [4.69, 9.17) is 0 Å². The van der Waals surface area contributed by atoms with Gasteiger partial charge in [-0.3, -0.25) is 4.99 Å². The summed E-state index contributed by atoms with van der Waals surface area (Å²) in [6.07, 6.45) is 4.46. The van der Waals surface area contributed by atoms with Crippen LogP contribution in [-0.2, 0) is 12.8 Å². The second-order valence-electron chi connectivity index (χ2n) is 4.11. The number of aliphatic imine (C=N–C) groups is 1. The Balaban J connectivity index is 3.06. The first kappa shape index (κ1) is 13.0. The van der Waals surface area contributed by atoms with Gasteiger partial charge in [-0.1, -0.05) is 39.3 Å². The van der Waals surface area contributed by atoms with Crippen LogP contribution < -0.4 is 0 Å². The zero-order chi connectivity index (χ0) is 12.0. The van der Waals surface area contributed by atoms with Crippen LogP contribution in [0.3, 0.4) is 0 Å². The number of nitrogens with zero attached hydrogens (tertiary/aromatic N) is 1. The lowest BCUT2D eigenvalue weighted by molar-refractivity contribution is 0.985. The summed E-state index contributed by atoms with van der Waals surface area (Å²) in [6, 6.07) is 6.79. The highest BCUT2D eigenvalue weighted by Gasteiger charge is 2.05. The number of hydrogen-bond donors (Lipinski definition) is 0. The van der Waals surface area contributed by atoms with Crippen LogP contribution in [-0.4, -0.2) is 12.8 Å². The van der Waals surface area contributed by atoms with Crippen molar-refractivity contribution in [1.82, 2.24) is 0 Å². The zero-order valence-electron chi connectivity index (χ0n) is 11.0. The van der Waals surface area contributed by atoms with Crippen LogP contribution >= 0.6 is 0 Å². The van der Waals surface area contributed by atoms with Gasteiger partial charge in [0.2, 0.25) is 0 Å². The topological polar surface area (TPSA) is 12.4 Å². The summed E-state index contributed by atoms with van der Waals surface area (Å²) in [5.41, 5.74) is 5.48. The maximum Gasteiger partial charge on any atom is 0.0417 e. The van der Waals surface area contributed by atoms with Crippen LogP contribution in [0.25, 0.3) is 0 Å². The number of rotatable bonds is 5. The summed E-state index contributed by atoms with van der Waals surface area (Å²) < 4.78 is 0. The molecule has 0 bridgehead atoms. The highest BCUT2D eigenvalue weighted by molar-refractivity contribution is 6.00. The first-order chi connectivity index (χ1) is 7.76. The molecule has 1 rings (SSSR count). The smallest absolute Gasteiger partial charge is 0.0417 e. The molecule has 1 aromatic rings. The quantitative estimate of drug-likeness (QED) is 0.660. The predicted octanol–water partition coefficient (Wildman–Crippen LogP) is 4.03. The van der Waals surface area contributed by atoms with Gasteiger partial charge in [0.25, 0.3) is 0 Å². The number of aryl methyl sites for hydroxylation is 2. The molecule has 0 aliphatic rings. The minimum atomic E-state index is 1.07. The van der Waals surface area contributed by atoms with Gasteiger partial charge in [-0.15, -0.1) is 0 Å². The molecule has 0 aliphatic carbocycles. The van der Waals surface area contributed by atoms with Crippen molar-refractivity contribution in [3.63, 3.8) is 0 Å². The maximum atomic E-state index is 4.40. The number of hydrogen-bond acceptors (Lipinski definition) is 1. The minimum Gasteiger partial charge on any atom is -0.292 e. The van der Waals surface area contributed by atoms with Gasteiger partial charge in [-0.25, -0.2) is 0 Å². The van der Waals surface area contributed by atoms with Crippen LogP contribution in [0.15, 0.2) is 23.2 Å². The van der Waals surface area contributed by atoms with Crippen LogP contribution in [0.2, 0.25) is 0 Å². The summed E-state index contributed by atoms with van der Waals surface area (Å²) in [7, 11) is 1.89. The van der Waals surface area contributed by atoms with Gasteiger partial charge in [0.15, 0.2) is 0 Å². The second-order valence-corrected chi connectivity index (χ2v) is 4.11. The average molecular weight is 217 g/mol. The Hall–Kier alpha value is -1.11. The Morgan fingerprint density at radius 2 is 1.75 bits per heavy atom. The van der Waals surface area contributed by atoms with E-state index in [9.17, 15) is 0 Å². The molecule has 0 saturated carbocycles. The van der Waals surface area contributed by atoms with Gasteiger partial charge < -0.3 is 0 Å². The molecule has 0 radical (unpaired) electrons. The van der Waals surface area contributed by atoms with Crippen LogP contribution in [0.4, 0.5) is 0 Å². The lowest BCUT2D eigenvalue weighted by Gasteiger charge is -2.10. The summed E-state index contributed by atoms with van der Waals surface area (Å²) in [4.78, 5) is 4.40. The first-order valence-corrected chi connectivity index (χ1v) is 6.34. The summed E-state index contributed by atoms with van der Waals surface area (Å²) >= 11 is 0. The standard InChI is InChI=1S/C15H23N/c1-5-8-15(16-4)14-10-9-12(6-2)13(7-3)11-14/h9-11H,5-8H2,1-4H3. The molecular formula is C15H23N. The van der Waals surface area contributed by atoms with Crippen molar-refractivity contribution in [2.45, 2.75) is 46.5 Å². The molecule has 1 nitrogen and oxygen atoms in total. The molecule has 0 heterocycles. The fourth-order valence-electron chi connectivity index (χ4n) is 2.10. The molecule has 16 heavy (non-hydrogen) atoms. The Bertz CT molecular complexity index is 364. The van der Waals surface area contributed by atoms with Gasteiger partial charge in [-0.2, -0.15) is 0 Å². The lowest BCUT2D eigenvalue weighted by Crippen LogP contribution is -2.02. The third-order valence-corrected chi connectivity index (χ3v) is 3.06. The molecule has 0 fully saturated rings. The molecule has 0 unspecified atom stereocenters. The molecular weight excluding hydrogens is 194 g/mol. The second kappa shape index (κ2) is 6.47. The molecule has 1 heteroatoms. The highest BCUT2D eigenvalue weighted by Crippen LogP contribution is 2.16. The van der Waals surface area contributed by atoms with Gasteiger partial charge in [0, 0.05) is 12.8 Å². The molecule has 0 aromatic heterocycles. The van der Waals surface area contributed by atoms with E-state index < -0.39 is 0 Å². The molecule has 0 atom stereocenters. The molecule has 0 spiro atoms. The summed E-state index contributed by atoms with van der Waals surface area (Å²) in [5.74, 6) is 0. The van der Waals surface area contributed by atoms with Gasteiger partial charge in [0.05, 0.1) is 0 Å². The molecule has 88 valence electrons. The summed E-state index contributed by atoms with van der Waals surface area (Å²) in [6.45, 7) is 6.64. The van der Waals surface area contributed by atoms with Crippen molar-refractivity contribution in [3.8, 4) is 0 Å². The van der Waals surface area contributed by atoms with Crippen molar-refractivity contribution < 1.29 is 0 Å². The average Bonchev–Trinajstić information content (AvgIpc) is 2.35. The molecule has 1 aromatic carbocycles. The van der Waals surface area contributed by atoms with E-state index in [1.807, 2.05) is 7.05 Å². The predicted molar refractivity (Wildman–Crippen MR) is 72.6 cm³/mol. The van der Waals surface area contributed by atoms with Crippen molar-refractivity contribution >= 4 is 5.71 Å². The molecule has 0 N–H and O–H groups in total. The van der Waals surface area contributed by atoms with Crippen molar-refractivity contribution in [2.75, 3.05) is 7.05 Å². The number of benzene rings is 1. The largest absolute Gasteiger partial charge is 0.292 e. The van der Waals surface area contributed by atoms with E-state index in [2.05, 4.69) is 44.0 Å². The fraction of sp³-hybridized carbons (Fsp3) is 0.533. The summed E-state index contributed by atoms with van der Waals surface area (Å²) in [5, 5.41) is 0. The van der Waals surface area contributed by atoms with Crippen molar-refractivity contribution in [1.29, 1.82) is 0 Å². The van der Waals surface area contributed by atoms with E-state index in [0.29, 0.717) is 0 Å². The van der Waals surface area contributed by atoms with E-state index >= 15 is 0 Å². The lowest BCUT2D eigenvalue weighted by atomic mass is 9.96. The minimum absolute atomic E-state index is 1.07. The van der Waals surface area contributed by atoms with Crippen molar-refractivity contribution in [2.24, 2.45) is 4.99 Å². The van der Waals surface area contributed by atoms with E-state index in [1.165, 1.54) is 22.4 Å². The Labute approximate surface area is 99.6 Å². The Morgan fingerprint density at radius 3 is 2.25 bits per heavy atom. The highest BCUT2D eigenvalue weighted by atomic mass is 14.7. The molecule has 0 amide bonds. The van der Waals surface area contributed by atoms with E-state index in [1.54, 1.807) is 0 Å². The molecule has 0 saturated heterocycles.